The van der Waals surface area contributed by atoms with Gasteiger partial charge in [0.1, 0.15) is 19.0 Å². The van der Waals surface area contributed by atoms with E-state index in [-0.39, 0.29) is 55.3 Å². The highest BCUT2D eigenvalue weighted by Crippen LogP contribution is 2.42. The number of hydrogen-bond donors (Lipinski definition) is 2. The maximum absolute atomic E-state index is 13.3. The zero-order valence-electron chi connectivity index (χ0n) is 21.4. The van der Waals surface area contributed by atoms with Gasteiger partial charge in [0.25, 0.3) is 10.0 Å². The summed E-state index contributed by atoms with van der Waals surface area (Å²) in [7, 11) is -2.54. The lowest BCUT2D eigenvalue weighted by molar-refractivity contribution is 0.174. The van der Waals surface area contributed by atoms with Crippen LogP contribution in [0.3, 0.4) is 0 Å². The SMILES string of the molecule is CC(CO)c1ccc(S(=O)(=O)Nc2c(-c3ccc4c(c3)OCO4)c(OCCOc3ncc(Cl)cn3)nn2C)nc1. The van der Waals surface area contributed by atoms with Crippen LogP contribution in [0.15, 0.2) is 53.9 Å². The number of fused-ring (bicyclic) bond motifs is 1. The van der Waals surface area contributed by atoms with Gasteiger partial charge in [-0.1, -0.05) is 30.7 Å². The molecule has 0 amide bonds. The van der Waals surface area contributed by atoms with Crippen LogP contribution in [-0.2, 0) is 17.1 Å². The molecule has 2 N–H and O–H groups in total. The maximum Gasteiger partial charge on any atom is 0.316 e. The number of aromatic nitrogens is 5. The monoisotopic (exact) mass is 588 g/mol. The minimum Gasteiger partial charge on any atom is -0.472 e. The molecule has 1 atom stereocenters. The lowest BCUT2D eigenvalue weighted by Gasteiger charge is -2.12. The Morgan fingerprint density at radius 1 is 1.07 bits per heavy atom. The van der Waals surface area contributed by atoms with E-state index >= 15 is 0 Å². The lowest BCUT2D eigenvalue weighted by atomic mass is 10.1. The highest BCUT2D eigenvalue weighted by molar-refractivity contribution is 7.92. The molecule has 0 aliphatic carbocycles. The molecule has 210 valence electrons. The Hall–Kier alpha value is -4.14. The van der Waals surface area contributed by atoms with E-state index < -0.39 is 10.0 Å². The average Bonchev–Trinajstić information content (AvgIpc) is 3.55. The molecule has 15 heteroatoms. The number of aryl methyl sites for hydroxylation is 1. The highest BCUT2D eigenvalue weighted by Gasteiger charge is 2.27. The topological polar surface area (TPSA) is 160 Å². The van der Waals surface area contributed by atoms with E-state index in [9.17, 15) is 13.5 Å². The second-order valence-electron chi connectivity index (χ2n) is 8.72. The molecule has 0 saturated carbocycles. The van der Waals surface area contributed by atoms with Gasteiger partial charge < -0.3 is 24.1 Å². The van der Waals surface area contributed by atoms with Gasteiger partial charge in [-0.25, -0.2) is 19.6 Å². The van der Waals surface area contributed by atoms with E-state index in [1.54, 1.807) is 31.3 Å². The van der Waals surface area contributed by atoms with Crippen LogP contribution in [0.2, 0.25) is 5.02 Å². The summed E-state index contributed by atoms with van der Waals surface area (Å²) in [5.41, 5.74) is 1.66. The molecule has 40 heavy (non-hydrogen) atoms. The number of rotatable bonds is 11. The summed E-state index contributed by atoms with van der Waals surface area (Å²) in [5.74, 6) is 1.18. The summed E-state index contributed by atoms with van der Waals surface area (Å²) in [6, 6.07) is 8.31. The number of pyridine rings is 1. The Kier molecular flexibility index (Phi) is 7.91. The first-order chi connectivity index (χ1) is 19.2. The van der Waals surface area contributed by atoms with Gasteiger partial charge in [0.15, 0.2) is 16.5 Å². The Labute approximate surface area is 234 Å². The number of aliphatic hydroxyl groups excluding tert-OH is 1. The van der Waals surface area contributed by atoms with Crippen molar-refractivity contribution in [2.24, 2.45) is 7.05 Å². The van der Waals surface area contributed by atoms with Crippen LogP contribution in [0.4, 0.5) is 5.82 Å². The number of nitrogens with one attached hydrogen (secondary N) is 1. The van der Waals surface area contributed by atoms with Crippen molar-refractivity contribution in [2.75, 3.05) is 31.3 Å². The molecule has 1 unspecified atom stereocenters. The standard InChI is InChI=1S/C25H25ClN6O7S/c1-15(13-33)17-4-6-21(27-10-17)40(34,35)31-23-22(16-3-5-19-20(9-16)39-14-38-19)24(30-32(23)2)36-7-8-37-25-28-11-18(26)12-29-25/h3-6,9-12,15,31,33H,7-8,13-14H2,1-2H3. The van der Waals surface area contributed by atoms with Crippen LogP contribution >= 0.6 is 11.6 Å². The van der Waals surface area contributed by atoms with Crippen molar-refractivity contribution in [1.82, 2.24) is 24.7 Å². The molecule has 0 fully saturated rings. The molecular formula is C25H25ClN6O7S. The van der Waals surface area contributed by atoms with Crippen LogP contribution in [0.1, 0.15) is 18.4 Å². The maximum atomic E-state index is 13.3. The molecular weight excluding hydrogens is 564 g/mol. The Morgan fingerprint density at radius 2 is 1.82 bits per heavy atom. The third-order valence-electron chi connectivity index (χ3n) is 5.93. The van der Waals surface area contributed by atoms with E-state index in [1.807, 2.05) is 6.92 Å². The molecule has 0 bridgehead atoms. The first kappa shape index (κ1) is 27.4. The van der Waals surface area contributed by atoms with Crippen LogP contribution in [-0.4, -0.2) is 64.9 Å². The number of sulfonamides is 1. The quantitative estimate of drug-likeness (QED) is 0.248. The van der Waals surface area contributed by atoms with E-state index in [1.165, 1.54) is 29.3 Å². The predicted octanol–water partition coefficient (Wildman–Crippen LogP) is 3.01. The second-order valence-corrected chi connectivity index (χ2v) is 10.8. The third kappa shape index (κ3) is 5.88. The second kappa shape index (κ2) is 11.5. The van der Waals surface area contributed by atoms with E-state index in [2.05, 4.69) is 24.8 Å². The molecule has 13 nitrogen and oxygen atoms in total. The minimum absolute atomic E-state index is 0.0544. The fourth-order valence-corrected chi connectivity index (χ4v) is 4.93. The summed E-state index contributed by atoms with van der Waals surface area (Å²) >= 11 is 5.80. The van der Waals surface area contributed by atoms with Crippen molar-refractivity contribution in [1.29, 1.82) is 0 Å². The molecule has 5 rings (SSSR count). The molecule has 0 radical (unpaired) electrons. The molecule has 1 aromatic carbocycles. The van der Waals surface area contributed by atoms with Gasteiger partial charge in [0, 0.05) is 25.8 Å². The van der Waals surface area contributed by atoms with Crippen LogP contribution in [0, 0.1) is 0 Å². The Morgan fingerprint density at radius 3 is 2.55 bits per heavy atom. The predicted molar refractivity (Wildman–Crippen MR) is 143 cm³/mol. The number of hydrogen-bond acceptors (Lipinski definition) is 11. The lowest BCUT2D eigenvalue weighted by Crippen LogP contribution is -2.17. The van der Waals surface area contributed by atoms with Gasteiger partial charge in [-0.15, -0.1) is 5.10 Å². The number of nitrogens with zero attached hydrogens (tertiary/aromatic N) is 5. The molecule has 1 aliphatic rings. The zero-order valence-corrected chi connectivity index (χ0v) is 23.0. The molecule has 0 saturated heterocycles. The summed E-state index contributed by atoms with van der Waals surface area (Å²) in [4.78, 5) is 12.0. The zero-order chi connectivity index (χ0) is 28.3. The number of aliphatic hydroxyl groups is 1. The first-order valence-corrected chi connectivity index (χ1v) is 13.9. The Bertz CT molecular complexity index is 1600. The molecule has 4 heterocycles. The van der Waals surface area contributed by atoms with Gasteiger partial charge in [-0.3, -0.25) is 4.72 Å². The summed E-state index contributed by atoms with van der Waals surface area (Å²) in [6.45, 7) is 1.95. The summed E-state index contributed by atoms with van der Waals surface area (Å²) in [6.07, 6.45) is 4.25. The van der Waals surface area contributed by atoms with Crippen molar-refractivity contribution in [3.8, 4) is 34.5 Å². The molecule has 1 aliphatic heterocycles. The smallest absolute Gasteiger partial charge is 0.316 e. The number of halogens is 1. The number of benzene rings is 1. The first-order valence-electron chi connectivity index (χ1n) is 12.0. The van der Waals surface area contributed by atoms with Gasteiger partial charge in [-0.05, 0) is 29.3 Å². The molecule has 3 aromatic heterocycles. The summed E-state index contributed by atoms with van der Waals surface area (Å²) in [5, 5.41) is 14.0. The van der Waals surface area contributed by atoms with E-state index in [4.69, 9.17) is 30.5 Å². The number of anilines is 1. The van der Waals surface area contributed by atoms with Crippen LogP contribution < -0.4 is 23.7 Å². The van der Waals surface area contributed by atoms with Crippen LogP contribution in [0.25, 0.3) is 11.1 Å². The van der Waals surface area contributed by atoms with E-state index in [0.29, 0.717) is 33.2 Å². The van der Waals surface area contributed by atoms with Crippen molar-refractivity contribution >= 4 is 27.4 Å². The molecule has 4 aromatic rings. The van der Waals surface area contributed by atoms with Crippen molar-refractivity contribution in [3.63, 3.8) is 0 Å². The van der Waals surface area contributed by atoms with Gasteiger partial charge in [0.05, 0.1) is 23.0 Å². The third-order valence-corrected chi connectivity index (χ3v) is 7.38. The fraction of sp³-hybridized carbons (Fsp3) is 0.280. The van der Waals surface area contributed by atoms with Crippen molar-refractivity contribution in [2.45, 2.75) is 17.9 Å². The average molecular weight is 589 g/mol. The minimum atomic E-state index is -4.13. The van der Waals surface area contributed by atoms with Gasteiger partial charge in [0.2, 0.25) is 12.7 Å². The fourth-order valence-electron chi connectivity index (χ4n) is 3.80. The Balaban J connectivity index is 1.43. The van der Waals surface area contributed by atoms with E-state index in [0.717, 1.165) is 0 Å². The van der Waals surface area contributed by atoms with Crippen molar-refractivity contribution < 1.29 is 32.5 Å². The summed E-state index contributed by atoms with van der Waals surface area (Å²) < 4.78 is 52.9. The van der Waals surface area contributed by atoms with Gasteiger partial charge in [-0.2, -0.15) is 8.42 Å². The number of ether oxygens (including phenoxy) is 4. The highest BCUT2D eigenvalue weighted by atomic mass is 35.5. The molecule has 0 spiro atoms. The normalized spacial score (nSPS) is 13.2. The largest absolute Gasteiger partial charge is 0.472 e. The van der Waals surface area contributed by atoms with Crippen molar-refractivity contribution in [3.05, 3.63) is 59.5 Å². The van der Waals surface area contributed by atoms with Crippen LogP contribution in [0.5, 0.6) is 23.4 Å². The van der Waals surface area contributed by atoms with Gasteiger partial charge >= 0.3 is 6.01 Å².